The van der Waals surface area contributed by atoms with Crippen molar-refractivity contribution in [3.8, 4) is 11.1 Å². The SMILES string of the molecule is CCCCNc1ccc(C(=O)OCCOCCOCCOCCOCCOCCOCCCNC(=O)OCC2c3ccccc3-c3ccccc32)cc1. The largest absolute Gasteiger partial charge is 0.460 e. The van der Waals surface area contributed by atoms with Crippen LogP contribution in [0, 0.1) is 0 Å². The van der Waals surface area contributed by atoms with Gasteiger partial charge in [-0.3, -0.25) is 0 Å². The van der Waals surface area contributed by atoms with Crippen LogP contribution in [0.4, 0.5) is 10.5 Å². The van der Waals surface area contributed by atoms with Gasteiger partial charge >= 0.3 is 12.1 Å². The van der Waals surface area contributed by atoms with E-state index in [0.717, 1.165) is 25.1 Å². The molecule has 0 aromatic heterocycles. The summed E-state index contributed by atoms with van der Waals surface area (Å²) in [6.45, 7) is 9.42. The maximum absolute atomic E-state index is 12.3. The number of alkyl carbamates (subject to hydrolysis) is 1. The van der Waals surface area contributed by atoms with Gasteiger partial charge in [-0.1, -0.05) is 61.9 Å². The molecule has 0 bridgehead atoms. The second kappa shape index (κ2) is 25.9. The van der Waals surface area contributed by atoms with Gasteiger partial charge in [0.1, 0.15) is 13.2 Å². The van der Waals surface area contributed by atoms with Crippen molar-refractivity contribution < 1.29 is 47.5 Å². The Kier molecular flexibility index (Phi) is 20.3. The van der Waals surface area contributed by atoms with Crippen LogP contribution >= 0.6 is 0 Å². The normalized spacial score (nSPS) is 11.9. The minimum Gasteiger partial charge on any atom is -0.460 e. The zero-order chi connectivity index (χ0) is 37.2. The van der Waals surface area contributed by atoms with Gasteiger partial charge in [-0.2, -0.15) is 0 Å². The number of anilines is 1. The number of nitrogens with one attached hydrogen (secondary N) is 2. The zero-order valence-corrected chi connectivity index (χ0v) is 31.0. The number of esters is 1. The summed E-state index contributed by atoms with van der Waals surface area (Å²) in [5, 5.41) is 6.12. The Morgan fingerprint density at radius 3 is 1.57 bits per heavy atom. The van der Waals surface area contributed by atoms with Crippen molar-refractivity contribution in [2.75, 3.05) is 111 Å². The Balaban J connectivity index is 0.839. The summed E-state index contributed by atoms with van der Waals surface area (Å²) >= 11 is 0. The van der Waals surface area contributed by atoms with Gasteiger partial charge in [0.05, 0.1) is 78.2 Å². The van der Waals surface area contributed by atoms with Gasteiger partial charge in [0.25, 0.3) is 0 Å². The lowest BCUT2D eigenvalue weighted by molar-refractivity contribution is -0.0193. The van der Waals surface area contributed by atoms with E-state index in [9.17, 15) is 9.59 Å². The first-order chi connectivity index (χ1) is 26.2. The number of unbranched alkanes of at least 4 members (excludes halogenated alkanes) is 1. The Hall–Kier alpha value is -4.04. The highest BCUT2D eigenvalue weighted by atomic mass is 16.6. The average Bonchev–Trinajstić information content (AvgIpc) is 3.51. The summed E-state index contributed by atoms with van der Waals surface area (Å²) in [7, 11) is 0. The molecule has 0 radical (unpaired) electrons. The third-order valence-electron chi connectivity index (χ3n) is 8.38. The van der Waals surface area contributed by atoms with Gasteiger partial charge in [-0.25, -0.2) is 9.59 Å². The van der Waals surface area contributed by atoms with E-state index in [4.69, 9.17) is 37.9 Å². The van der Waals surface area contributed by atoms with Gasteiger partial charge in [-0.05, 0) is 59.4 Å². The van der Waals surface area contributed by atoms with Crippen LogP contribution in [0.25, 0.3) is 11.1 Å². The monoisotopic (exact) mass is 736 g/mol. The summed E-state index contributed by atoms with van der Waals surface area (Å²) in [6, 6.07) is 23.8. The summed E-state index contributed by atoms with van der Waals surface area (Å²) in [4.78, 5) is 24.4. The summed E-state index contributed by atoms with van der Waals surface area (Å²) in [5.41, 5.74) is 6.31. The minimum absolute atomic E-state index is 0.0466. The molecule has 3 aromatic carbocycles. The van der Waals surface area contributed by atoms with Crippen LogP contribution in [-0.2, 0) is 37.9 Å². The Morgan fingerprint density at radius 1 is 0.547 bits per heavy atom. The van der Waals surface area contributed by atoms with Crippen LogP contribution in [0.1, 0.15) is 53.6 Å². The summed E-state index contributed by atoms with van der Waals surface area (Å²) in [5.74, 6) is -0.318. The molecule has 4 rings (SSSR count). The zero-order valence-electron chi connectivity index (χ0n) is 31.0. The Labute approximate surface area is 313 Å². The molecule has 0 fully saturated rings. The number of hydrogen-bond acceptors (Lipinski definition) is 11. The van der Waals surface area contributed by atoms with E-state index in [1.807, 2.05) is 36.4 Å². The van der Waals surface area contributed by atoms with E-state index >= 15 is 0 Å². The van der Waals surface area contributed by atoms with Gasteiger partial charge < -0.3 is 48.5 Å². The highest BCUT2D eigenvalue weighted by molar-refractivity contribution is 5.89. The summed E-state index contributed by atoms with van der Waals surface area (Å²) < 4.78 is 43.9. The summed E-state index contributed by atoms with van der Waals surface area (Å²) in [6.07, 6.45) is 2.50. The molecule has 0 saturated carbocycles. The van der Waals surface area contributed by atoms with Crippen LogP contribution in [-0.4, -0.2) is 118 Å². The van der Waals surface area contributed by atoms with E-state index in [1.165, 1.54) is 22.3 Å². The van der Waals surface area contributed by atoms with Crippen LogP contribution in [0.5, 0.6) is 0 Å². The second-order valence-corrected chi connectivity index (χ2v) is 12.3. The second-order valence-electron chi connectivity index (χ2n) is 12.3. The van der Waals surface area contributed by atoms with Crippen molar-refractivity contribution >= 4 is 17.7 Å². The fraction of sp³-hybridized carbons (Fsp3) is 0.512. The number of hydrogen-bond donors (Lipinski definition) is 2. The van der Waals surface area contributed by atoms with E-state index in [1.54, 1.807) is 12.1 Å². The molecule has 0 unspecified atom stereocenters. The first kappa shape index (κ1) is 41.7. The number of rotatable bonds is 29. The molecular formula is C41H56N2O10. The molecular weight excluding hydrogens is 680 g/mol. The third kappa shape index (κ3) is 15.8. The third-order valence-corrected chi connectivity index (χ3v) is 8.38. The van der Waals surface area contributed by atoms with Gasteiger partial charge in [-0.15, -0.1) is 0 Å². The lowest BCUT2D eigenvalue weighted by atomic mass is 9.98. The van der Waals surface area contributed by atoms with Crippen molar-refractivity contribution in [3.05, 3.63) is 89.5 Å². The minimum atomic E-state index is -0.419. The van der Waals surface area contributed by atoms with E-state index in [2.05, 4.69) is 41.8 Å². The predicted molar refractivity (Wildman–Crippen MR) is 203 cm³/mol. The maximum Gasteiger partial charge on any atom is 0.407 e. The lowest BCUT2D eigenvalue weighted by Crippen LogP contribution is -2.27. The van der Waals surface area contributed by atoms with Crippen molar-refractivity contribution in [2.45, 2.75) is 32.1 Å². The predicted octanol–water partition coefficient (Wildman–Crippen LogP) is 6.08. The molecule has 0 spiro atoms. The molecule has 12 nitrogen and oxygen atoms in total. The quantitative estimate of drug-likeness (QED) is 0.0635. The number of fused-ring (bicyclic) bond motifs is 3. The van der Waals surface area contributed by atoms with E-state index in [-0.39, 0.29) is 18.5 Å². The maximum atomic E-state index is 12.3. The van der Waals surface area contributed by atoms with Crippen LogP contribution in [0.15, 0.2) is 72.8 Å². The van der Waals surface area contributed by atoms with Crippen molar-refractivity contribution in [3.63, 3.8) is 0 Å². The molecule has 1 amide bonds. The fourth-order valence-corrected chi connectivity index (χ4v) is 5.63. The fourth-order valence-electron chi connectivity index (χ4n) is 5.63. The standard InChI is InChI=1S/C41H56N2O10/c1-2-3-17-42-34-15-13-33(14-16-34)40(44)52-31-30-51-29-28-50-27-26-49-25-24-48-23-22-47-21-20-46-19-8-18-43-41(45)53-32-39-37-11-6-4-9-35(37)36-10-5-7-12-38(36)39/h4-7,9-16,39,42H,2-3,8,17-32H2,1H3,(H,43,45). The number of amides is 1. The number of ether oxygens (including phenoxy) is 8. The number of carbonyl (C=O) groups excluding carboxylic acids is 2. The molecule has 290 valence electrons. The highest BCUT2D eigenvalue weighted by Gasteiger charge is 2.28. The van der Waals surface area contributed by atoms with Crippen molar-refractivity contribution in [1.29, 1.82) is 0 Å². The van der Waals surface area contributed by atoms with Crippen molar-refractivity contribution in [2.24, 2.45) is 0 Å². The molecule has 1 aliphatic carbocycles. The average molecular weight is 737 g/mol. The molecule has 0 saturated heterocycles. The number of carbonyl (C=O) groups is 2. The van der Waals surface area contributed by atoms with Crippen LogP contribution < -0.4 is 10.6 Å². The van der Waals surface area contributed by atoms with Crippen LogP contribution in [0.3, 0.4) is 0 Å². The lowest BCUT2D eigenvalue weighted by Gasteiger charge is -2.14. The van der Waals surface area contributed by atoms with E-state index < -0.39 is 6.09 Å². The van der Waals surface area contributed by atoms with Gasteiger partial charge in [0.15, 0.2) is 0 Å². The molecule has 0 heterocycles. The van der Waals surface area contributed by atoms with Gasteiger partial charge in [0, 0.05) is 31.3 Å². The van der Waals surface area contributed by atoms with Gasteiger partial charge in [0.2, 0.25) is 0 Å². The molecule has 53 heavy (non-hydrogen) atoms. The Bertz CT molecular complexity index is 1410. The van der Waals surface area contributed by atoms with E-state index in [0.29, 0.717) is 104 Å². The molecule has 2 N–H and O–H groups in total. The topological polar surface area (TPSA) is 132 Å². The molecule has 3 aromatic rings. The highest BCUT2D eigenvalue weighted by Crippen LogP contribution is 2.44. The molecule has 12 heteroatoms. The smallest absolute Gasteiger partial charge is 0.407 e. The first-order valence-electron chi connectivity index (χ1n) is 18.7. The number of benzene rings is 3. The molecule has 0 aliphatic heterocycles. The van der Waals surface area contributed by atoms with Crippen LogP contribution in [0.2, 0.25) is 0 Å². The molecule has 1 aliphatic rings. The first-order valence-corrected chi connectivity index (χ1v) is 18.7. The molecule has 0 atom stereocenters. The van der Waals surface area contributed by atoms with Crippen molar-refractivity contribution in [1.82, 2.24) is 5.32 Å². The Morgan fingerprint density at radius 2 is 1.04 bits per heavy atom.